The summed E-state index contributed by atoms with van der Waals surface area (Å²) in [5, 5.41) is 13.3. The van der Waals surface area contributed by atoms with Crippen molar-refractivity contribution in [3.8, 4) is 17.1 Å². The topological polar surface area (TPSA) is 85.1 Å². The van der Waals surface area contributed by atoms with E-state index in [1.165, 1.54) is 23.5 Å². The zero-order valence-corrected chi connectivity index (χ0v) is 17.7. The average molecular weight is 429 g/mol. The van der Waals surface area contributed by atoms with E-state index in [0.717, 1.165) is 17.1 Å². The number of nitrogens with zero attached hydrogens (tertiary/aromatic N) is 5. The molecule has 0 bridgehead atoms. The van der Waals surface area contributed by atoms with Gasteiger partial charge in [0.25, 0.3) is 5.91 Å². The van der Waals surface area contributed by atoms with Crippen LogP contribution in [0.1, 0.15) is 11.3 Å². The number of pyridine rings is 1. The molecule has 4 rings (SSSR count). The molecule has 4 aromatic rings. The third-order valence-corrected chi connectivity index (χ3v) is 5.29. The van der Waals surface area contributed by atoms with E-state index in [1.807, 2.05) is 78.2 Å². The standard InChI is InChI=1S/C23H20N6OS/c1-17-10-12-18(13-11-17)22-27-28-23(29(22)20-8-3-2-4-9-20)31-16-21(30)26-25-15-19-7-5-6-14-24-19/h2-15H,16H2,1H3,(H,26,30)/b25-15-. The first kappa shape index (κ1) is 20.5. The van der Waals surface area contributed by atoms with Crippen LogP contribution in [0.3, 0.4) is 0 Å². The van der Waals surface area contributed by atoms with Crippen molar-refractivity contribution in [1.29, 1.82) is 0 Å². The molecule has 0 atom stereocenters. The Morgan fingerprint density at radius 1 is 1.03 bits per heavy atom. The minimum absolute atomic E-state index is 0.151. The summed E-state index contributed by atoms with van der Waals surface area (Å²) in [6.45, 7) is 2.04. The molecule has 8 heteroatoms. The maximum absolute atomic E-state index is 12.2. The lowest BCUT2D eigenvalue weighted by Crippen LogP contribution is -2.20. The summed E-state index contributed by atoms with van der Waals surface area (Å²) in [5.41, 5.74) is 6.25. The Kier molecular flexibility index (Phi) is 6.49. The van der Waals surface area contributed by atoms with E-state index in [2.05, 4.69) is 25.7 Å². The highest BCUT2D eigenvalue weighted by Crippen LogP contribution is 2.28. The van der Waals surface area contributed by atoms with Crippen LogP contribution in [0.25, 0.3) is 17.1 Å². The molecule has 1 amide bonds. The molecule has 1 N–H and O–H groups in total. The molecule has 2 aromatic carbocycles. The Hall–Kier alpha value is -3.78. The second-order valence-electron chi connectivity index (χ2n) is 6.68. The van der Waals surface area contributed by atoms with Crippen molar-refractivity contribution >= 4 is 23.9 Å². The number of hydrazone groups is 1. The van der Waals surface area contributed by atoms with Gasteiger partial charge in [0.15, 0.2) is 11.0 Å². The summed E-state index contributed by atoms with van der Waals surface area (Å²) in [7, 11) is 0. The third kappa shape index (κ3) is 5.23. The summed E-state index contributed by atoms with van der Waals surface area (Å²) in [4.78, 5) is 16.4. The van der Waals surface area contributed by atoms with E-state index in [1.54, 1.807) is 12.3 Å². The van der Waals surface area contributed by atoms with Crippen molar-refractivity contribution < 1.29 is 4.79 Å². The molecule has 31 heavy (non-hydrogen) atoms. The summed E-state index contributed by atoms with van der Waals surface area (Å²) in [5.74, 6) is 0.636. The molecule has 0 radical (unpaired) electrons. The second kappa shape index (κ2) is 9.82. The van der Waals surface area contributed by atoms with Gasteiger partial charge in [0.2, 0.25) is 0 Å². The Bertz CT molecular complexity index is 1170. The summed E-state index contributed by atoms with van der Waals surface area (Å²) >= 11 is 1.30. The normalized spacial score (nSPS) is 11.0. The van der Waals surface area contributed by atoms with Crippen LogP contribution in [-0.2, 0) is 4.79 Å². The van der Waals surface area contributed by atoms with Gasteiger partial charge in [0, 0.05) is 17.4 Å². The molecule has 7 nitrogen and oxygen atoms in total. The largest absolute Gasteiger partial charge is 0.272 e. The molecule has 0 aliphatic carbocycles. The van der Waals surface area contributed by atoms with E-state index in [9.17, 15) is 4.79 Å². The van der Waals surface area contributed by atoms with Gasteiger partial charge in [-0.1, -0.05) is 65.9 Å². The lowest BCUT2D eigenvalue weighted by Gasteiger charge is -2.10. The van der Waals surface area contributed by atoms with Crippen LogP contribution in [0, 0.1) is 6.92 Å². The van der Waals surface area contributed by atoms with Crippen LogP contribution in [0.15, 0.2) is 89.3 Å². The zero-order valence-electron chi connectivity index (χ0n) is 16.8. The van der Waals surface area contributed by atoms with Crippen LogP contribution in [0.2, 0.25) is 0 Å². The van der Waals surface area contributed by atoms with E-state index in [4.69, 9.17) is 0 Å². The van der Waals surface area contributed by atoms with Crippen molar-refractivity contribution in [2.24, 2.45) is 5.10 Å². The van der Waals surface area contributed by atoms with E-state index in [-0.39, 0.29) is 11.7 Å². The van der Waals surface area contributed by atoms with Gasteiger partial charge in [-0.05, 0) is 31.2 Å². The van der Waals surface area contributed by atoms with Crippen LogP contribution in [0.4, 0.5) is 0 Å². The number of aryl methyl sites for hydroxylation is 1. The van der Waals surface area contributed by atoms with Crippen molar-refractivity contribution in [3.63, 3.8) is 0 Å². The Labute approximate surface area is 184 Å². The van der Waals surface area contributed by atoms with E-state index < -0.39 is 0 Å². The predicted octanol–water partition coefficient (Wildman–Crippen LogP) is 3.88. The zero-order chi connectivity index (χ0) is 21.5. The van der Waals surface area contributed by atoms with E-state index >= 15 is 0 Å². The average Bonchev–Trinajstić information content (AvgIpc) is 3.23. The maximum atomic E-state index is 12.2. The number of nitrogens with one attached hydrogen (secondary N) is 1. The monoisotopic (exact) mass is 428 g/mol. The molecule has 0 saturated heterocycles. The molecule has 0 spiro atoms. The van der Waals surface area contributed by atoms with Crippen LogP contribution in [-0.4, -0.2) is 37.6 Å². The van der Waals surface area contributed by atoms with Gasteiger partial charge < -0.3 is 0 Å². The molecule has 0 unspecified atom stereocenters. The summed E-state index contributed by atoms with van der Waals surface area (Å²) in [6.07, 6.45) is 3.17. The van der Waals surface area contributed by atoms with Crippen molar-refractivity contribution in [3.05, 3.63) is 90.3 Å². The van der Waals surface area contributed by atoms with E-state index in [0.29, 0.717) is 10.9 Å². The smallest absolute Gasteiger partial charge is 0.250 e. The molecule has 0 aliphatic rings. The number of carbonyl (C=O) groups is 1. The summed E-state index contributed by atoms with van der Waals surface area (Å²) < 4.78 is 1.96. The number of hydrogen-bond acceptors (Lipinski definition) is 6. The summed E-state index contributed by atoms with van der Waals surface area (Å²) in [6, 6.07) is 23.5. The number of amides is 1. The Morgan fingerprint density at radius 3 is 2.55 bits per heavy atom. The Balaban J connectivity index is 1.51. The number of rotatable bonds is 7. The lowest BCUT2D eigenvalue weighted by molar-refractivity contribution is -0.118. The van der Waals surface area contributed by atoms with Gasteiger partial charge in [-0.25, -0.2) is 5.43 Å². The highest BCUT2D eigenvalue weighted by atomic mass is 32.2. The highest BCUT2D eigenvalue weighted by molar-refractivity contribution is 7.99. The van der Waals surface area contributed by atoms with Gasteiger partial charge in [0.1, 0.15) is 0 Å². The van der Waals surface area contributed by atoms with Crippen LogP contribution < -0.4 is 5.43 Å². The van der Waals surface area contributed by atoms with Gasteiger partial charge in [-0.15, -0.1) is 10.2 Å². The second-order valence-corrected chi connectivity index (χ2v) is 7.62. The Morgan fingerprint density at radius 2 is 1.81 bits per heavy atom. The fourth-order valence-electron chi connectivity index (χ4n) is 2.85. The minimum Gasteiger partial charge on any atom is -0.272 e. The molecule has 0 aliphatic heterocycles. The van der Waals surface area contributed by atoms with Crippen molar-refractivity contribution in [2.45, 2.75) is 12.1 Å². The minimum atomic E-state index is -0.239. The number of thioether (sulfide) groups is 1. The fraction of sp³-hybridized carbons (Fsp3) is 0.0870. The van der Waals surface area contributed by atoms with Gasteiger partial charge in [0.05, 0.1) is 17.7 Å². The first-order chi connectivity index (χ1) is 15.2. The first-order valence-electron chi connectivity index (χ1n) is 9.64. The molecule has 0 fully saturated rings. The number of benzene rings is 2. The molecule has 0 saturated carbocycles. The third-order valence-electron chi connectivity index (χ3n) is 4.36. The molecular weight excluding hydrogens is 408 g/mol. The predicted molar refractivity (Wildman–Crippen MR) is 122 cm³/mol. The van der Waals surface area contributed by atoms with Gasteiger partial charge >= 0.3 is 0 Å². The molecule has 2 aromatic heterocycles. The van der Waals surface area contributed by atoms with Crippen molar-refractivity contribution in [1.82, 2.24) is 25.2 Å². The van der Waals surface area contributed by atoms with Gasteiger partial charge in [-0.3, -0.25) is 14.3 Å². The van der Waals surface area contributed by atoms with Gasteiger partial charge in [-0.2, -0.15) is 5.10 Å². The number of carbonyl (C=O) groups excluding carboxylic acids is 1. The number of hydrogen-bond donors (Lipinski definition) is 1. The first-order valence-corrected chi connectivity index (χ1v) is 10.6. The molecule has 2 heterocycles. The number of para-hydroxylation sites is 1. The SMILES string of the molecule is Cc1ccc(-c2nnc(SCC(=O)N/N=C\c3ccccn3)n2-c2ccccc2)cc1. The maximum Gasteiger partial charge on any atom is 0.250 e. The molecule has 154 valence electrons. The molecular formula is C23H20N6OS. The van der Waals surface area contributed by atoms with Crippen LogP contribution in [0.5, 0.6) is 0 Å². The lowest BCUT2D eigenvalue weighted by atomic mass is 10.1. The number of aromatic nitrogens is 4. The van der Waals surface area contributed by atoms with Crippen molar-refractivity contribution in [2.75, 3.05) is 5.75 Å². The highest BCUT2D eigenvalue weighted by Gasteiger charge is 2.17. The van der Waals surface area contributed by atoms with Crippen LogP contribution >= 0.6 is 11.8 Å². The fourth-order valence-corrected chi connectivity index (χ4v) is 3.59. The quantitative estimate of drug-likeness (QED) is 0.274.